The van der Waals surface area contributed by atoms with Crippen molar-refractivity contribution in [1.82, 2.24) is 10.2 Å². The fourth-order valence-corrected chi connectivity index (χ4v) is 2.95. The van der Waals surface area contributed by atoms with Gasteiger partial charge in [0.2, 0.25) is 0 Å². The van der Waals surface area contributed by atoms with E-state index in [0.29, 0.717) is 13.1 Å². The number of esters is 1. The van der Waals surface area contributed by atoms with Crippen molar-refractivity contribution < 1.29 is 19.1 Å². The first-order valence-corrected chi connectivity index (χ1v) is 9.43. The van der Waals surface area contributed by atoms with Crippen LogP contribution in [0.5, 0.6) is 0 Å². The average Bonchev–Trinajstić information content (AvgIpc) is 2.95. The number of hydrogen-bond donors (Lipinski definition) is 1. The van der Waals surface area contributed by atoms with Gasteiger partial charge in [0.05, 0.1) is 5.92 Å². The highest BCUT2D eigenvalue weighted by molar-refractivity contribution is 5.77. The first-order valence-electron chi connectivity index (χ1n) is 9.43. The zero-order valence-corrected chi connectivity index (χ0v) is 17.2. The Morgan fingerprint density at radius 2 is 1.59 bits per heavy atom. The maximum atomic E-state index is 12.7. The van der Waals surface area contributed by atoms with Gasteiger partial charge in [0.15, 0.2) is 0 Å². The van der Waals surface area contributed by atoms with E-state index in [1.807, 2.05) is 71.9 Å². The molecule has 0 spiro atoms. The van der Waals surface area contributed by atoms with E-state index in [9.17, 15) is 9.59 Å². The van der Waals surface area contributed by atoms with Crippen LogP contribution in [0.2, 0.25) is 0 Å². The summed E-state index contributed by atoms with van der Waals surface area (Å²) in [6.07, 6.45) is -0.403. The van der Waals surface area contributed by atoms with Crippen LogP contribution < -0.4 is 5.32 Å². The third-order valence-electron chi connectivity index (χ3n) is 4.09. The van der Waals surface area contributed by atoms with E-state index < -0.39 is 23.2 Å². The number of nitrogens with zero attached hydrogens (tertiary/aromatic N) is 1. The third kappa shape index (κ3) is 6.86. The second-order valence-electron chi connectivity index (χ2n) is 9.00. The average molecular weight is 376 g/mol. The molecule has 0 unspecified atom stereocenters. The second-order valence-corrected chi connectivity index (χ2v) is 9.00. The SMILES string of the molecule is CC(C)(C)OC(=O)[C@H]1CN(C(=O)OC(C)(C)C)C[C@H]1NCc1ccccc1. The lowest BCUT2D eigenvalue weighted by atomic mass is 10.0. The van der Waals surface area contributed by atoms with Gasteiger partial charge in [-0.2, -0.15) is 0 Å². The van der Waals surface area contributed by atoms with Crippen molar-refractivity contribution in [3.8, 4) is 0 Å². The van der Waals surface area contributed by atoms with Crippen LogP contribution in [0.25, 0.3) is 0 Å². The van der Waals surface area contributed by atoms with E-state index in [1.54, 1.807) is 4.90 Å². The van der Waals surface area contributed by atoms with E-state index in [4.69, 9.17) is 9.47 Å². The molecule has 0 aromatic heterocycles. The normalized spacial score (nSPS) is 20.4. The number of rotatable bonds is 4. The van der Waals surface area contributed by atoms with Gasteiger partial charge >= 0.3 is 12.1 Å². The smallest absolute Gasteiger partial charge is 0.410 e. The molecule has 0 aliphatic carbocycles. The van der Waals surface area contributed by atoms with E-state index >= 15 is 0 Å². The van der Waals surface area contributed by atoms with Gasteiger partial charge in [-0.05, 0) is 47.1 Å². The van der Waals surface area contributed by atoms with Crippen molar-refractivity contribution in [3.05, 3.63) is 35.9 Å². The molecule has 1 aromatic rings. The molecule has 1 aliphatic rings. The fraction of sp³-hybridized carbons (Fsp3) is 0.619. The van der Waals surface area contributed by atoms with Gasteiger partial charge in [-0.25, -0.2) is 4.79 Å². The molecule has 1 N–H and O–H groups in total. The molecule has 150 valence electrons. The van der Waals surface area contributed by atoms with Crippen molar-refractivity contribution in [3.63, 3.8) is 0 Å². The largest absolute Gasteiger partial charge is 0.460 e. The topological polar surface area (TPSA) is 67.9 Å². The van der Waals surface area contributed by atoms with Gasteiger partial charge in [0.1, 0.15) is 11.2 Å². The third-order valence-corrected chi connectivity index (χ3v) is 4.09. The summed E-state index contributed by atoms with van der Waals surface area (Å²) in [4.78, 5) is 26.7. The van der Waals surface area contributed by atoms with Crippen molar-refractivity contribution >= 4 is 12.1 Å². The molecule has 1 aliphatic heterocycles. The molecular formula is C21H32N2O4. The summed E-state index contributed by atoms with van der Waals surface area (Å²) in [5.41, 5.74) is -0.0229. The van der Waals surface area contributed by atoms with Crippen LogP contribution in [0.1, 0.15) is 47.1 Å². The van der Waals surface area contributed by atoms with E-state index in [0.717, 1.165) is 5.56 Å². The van der Waals surface area contributed by atoms with Crippen LogP contribution >= 0.6 is 0 Å². The highest BCUT2D eigenvalue weighted by Crippen LogP contribution is 2.24. The van der Waals surface area contributed by atoms with Crippen LogP contribution in [0.3, 0.4) is 0 Å². The van der Waals surface area contributed by atoms with E-state index in [2.05, 4.69) is 5.32 Å². The lowest BCUT2D eigenvalue weighted by Crippen LogP contribution is -2.41. The zero-order valence-electron chi connectivity index (χ0n) is 17.2. The summed E-state index contributed by atoms with van der Waals surface area (Å²) in [6, 6.07) is 9.78. The molecule has 1 aromatic carbocycles. The summed E-state index contributed by atoms with van der Waals surface area (Å²) < 4.78 is 11.0. The minimum Gasteiger partial charge on any atom is -0.460 e. The van der Waals surface area contributed by atoms with Crippen LogP contribution in [0.15, 0.2) is 30.3 Å². The van der Waals surface area contributed by atoms with E-state index in [1.165, 1.54) is 0 Å². The number of carbonyl (C=O) groups is 2. The lowest BCUT2D eigenvalue weighted by molar-refractivity contribution is -0.160. The maximum Gasteiger partial charge on any atom is 0.410 e. The Hall–Kier alpha value is -2.08. The zero-order chi connectivity index (χ0) is 20.2. The number of amides is 1. The van der Waals surface area contributed by atoms with Gasteiger partial charge in [0, 0.05) is 25.7 Å². The Kier molecular flexibility index (Phi) is 6.52. The van der Waals surface area contributed by atoms with Crippen LogP contribution in [-0.2, 0) is 20.8 Å². The summed E-state index contributed by atoms with van der Waals surface area (Å²) in [6.45, 7) is 12.3. The predicted octanol–water partition coefficient (Wildman–Crippen LogP) is 3.35. The predicted molar refractivity (Wildman–Crippen MR) is 104 cm³/mol. The number of nitrogens with one attached hydrogen (secondary N) is 1. The van der Waals surface area contributed by atoms with Gasteiger partial charge in [-0.1, -0.05) is 30.3 Å². The molecule has 1 heterocycles. The number of carbonyl (C=O) groups excluding carboxylic acids is 2. The second kappa shape index (κ2) is 8.30. The number of hydrogen-bond acceptors (Lipinski definition) is 5. The Labute approximate surface area is 162 Å². The standard InChI is InChI=1S/C21H32N2O4/c1-20(2,3)26-18(24)16-13-23(19(25)27-21(4,5)6)14-17(16)22-12-15-10-8-7-9-11-15/h7-11,16-17,22H,12-14H2,1-6H3/t16-,17+/m0/s1. The molecule has 0 saturated carbocycles. The Morgan fingerprint density at radius 3 is 2.15 bits per heavy atom. The monoisotopic (exact) mass is 376 g/mol. The fourth-order valence-electron chi connectivity index (χ4n) is 2.95. The summed E-state index contributed by atoms with van der Waals surface area (Å²) >= 11 is 0. The highest BCUT2D eigenvalue weighted by atomic mass is 16.6. The Bertz CT molecular complexity index is 646. The van der Waals surface area contributed by atoms with Crippen molar-refractivity contribution in [1.29, 1.82) is 0 Å². The maximum absolute atomic E-state index is 12.7. The van der Waals surface area contributed by atoms with Gasteiger partial charge in [0.25, 0.3) is 0 Å². The lowest BCUT2D eigenvalue weighted by Gasteiger charge is -2.25. The number of benzene rings is 1. The molecule has 6 nitrogen and oxygen atoms in total. The molecule has 1 fully saturated rings. The molecule has 27 heavy (non-hydrogen) atoms. The summed E-state index contributed by atoms with van der Waals surface area (Å²) in [5.74, 6) is -0.723. The molecule has 2 atom stereocenters. The van der Waals surface area contributed by atoms with Crippen molar-refractivity contribution in [2.24, 2.45) is 5.92 Å². The molecule has 0 radical (unpaired) electrons. The first-order chi connectivity index (χ1) is 12.4. The molecule has 1 saturated heterocycles. The van der Waals surface area contributed by atoms with Gasteiger partial charge < -0.3 is 19.7 Å². The highest BCUT2D eigenvalue weighted by Gasteiger charge is 2.42. The van der Waals surface area contributed by atoms with Gasteiger partial charge in [-0.3, -0.25) is 4.79 Å². The molecule has 2 rings (SSSR count). The first kappa shape index (κ1) is 21.2. The minimum atomic E-state index is -0.575. The summed E-state index contributed by atoms with van der Waals surface area (Å²) in [5, 5.41) is 3.41. The Balaban J connectivity index is 2.08. The van der Waals surface area contributed by atoms with E-state index in [-0.39, 0.29) is 18.6 Å². The number of ether oxygens (including phenoxy) is 2. The molecule has 6 heteroatoms. The van der Waals surface area contributed by atoms with Crippen molar-refractivity contribution in [2.45, 2.75) is 65.3 Å². The summed E-state index contributed by atoms with van der Waals surface area (Å²) in [7, 11) is 0. The molecular weight excluding hydrogens is 344 g/mol. The van der Waals surface area contributed by atoms with Gasteiger partial charge in [-0.15, -0.1) is 0 Å². The van der Waals surface area contributed by atoms with Crippen LogP contribution in [-0.4, -0.2) is 47.3 Å². The quantitative estimate of drug-likeness (QED) is 0.816. The number of likely N-dealkylation sites (tertiary alicyclic amines) is 1. The Morgan fingerprint density at radius 1 is 1.00 bits per heavy atom. The van der Waals surface area contributed by atoms with Crippen LogP contribution in [0.4, 0.5) is 4.79 Å². The molecule has 0 bridgehead atoms. The minimum absolute atomic E-state index is 0.187. The molecule has 1 amide bonds. The van der Waals surface area contributed by atoms with Crippen LogP contribution in [0, 0.1) is 5.92 Å². The van der Waals surface area contributed by atoms with Crippen molar-refractivity contribution in [2.75, 3.05) is 13.1 Å².